The zero-order valence-electron chi connectivity index (χ0n) is 48.4. The van der Waals surface area contributed by atoms with Gasteiger partial charge in [0.15, 0.2) is 18.3 Å². The summed E-state index contributed by atoms with van der Waals surface area (Å²) in [6.45, 7) is 23.8. The fourth-order valence-corrected chi connectivity index (χ4v) is 7.10. The van der Waals surface area contributed by atoms with Gasteiger partial charge in [0.25, 0.3) is 0 Å². The molecule has 0 saturated carbocycles. The first-order valence-electron chi connectivity index (χ1n) is 29.3. The molecule has 0 heterocycles. The van der Waals surface area contributed by atoms with Gasteiger partial charge in [0.1, 0.15) is 32.8 Å². The van der Waals surface area contributed by atoms with E-state index in [0.29, 0.717) is 0 Å². The van der Waals surface area contributed by atoms with Gasteiger partial charge in [-0.3, -0.25) is 28.8 Å². The van der Waals surface area contributed by atoms with Crippen molar-refractivity contribution < 1.29 is 57.2 Å². The lowest BCUT2D eigenvalue weighted by Gasteiger charge is -2.17. The summed E-state index contributed by atoms with van der Waals surface area (Å²) in [5.41, 5.74) is 0. The number of esters is 6. The molecule has 434 valence electrons. The minimum atomic E-state index is -0.889. The summed E-state index contributed by atoms with van der Waals surface area (Å²) in [5.74, 6) is -2.86. The monoisotopic (exact) mass is 1070 g/mol. The Balaban J connectivity index is -0.00000140. The number of unbranched alkanes of at least 4 members (excludes halogenated alkanes) is 24. The van der Waals surface area contributed by atoms with Gasteiger partial charge in [-0.1, -0.05) is 211 Å². The van der Waals surface area contributed by atoms with E-state index in [1.165, 1.54) is 153 Å². The molecule has 0 aliphatic heterocycles. The lowest BCUT2D eigenvalue weighted by Crippen LogP contribution is -2.30. The predicted octanol–water partition coefficient (Wildman–Crippen LogP) is 16.5. The van der Waals surface area contributed by atoms with Gasteiger partial charge in [0.05, 0.1) is 32.1 Å². The van der Waals surface area contributed by atoms with Crippen molar-refractivity contribution >= 4 is 35.8 Å². The molecule has 0 N–H and O–H groups in total. The highest BCUT2D eigenvalue weighted by Gasteiger charge is 2.20. The zero-order valence-corrected chi connectivity index (χ0v) is 48.4. The minimum absolute atomic E-state index is 0.0352. The van der Waals surface area contributed by atoms with Crippen LogP contribution in [0.15, 0.2) is 80.5 Å². The highest BCUT2D eigenvalue weighted by molar-refractivity contribution is 5.74. The average Bonchev–Trinajstić information content (AvgIpc) is 3.40. The second-order valence-electron chi connectivity index (χ2n) is 18.9. The van der Waals surface area contributed by atoms with Gasteiger partial charge in [-0.2, -0.15) is 0 Å². The third-order valence-corrected chi connectivity index (χ3v) is 11.5. The number of carbonyl (C=O) groups excluding carboxylic acids is 6. The Labute approximate surface area is 463 Å². The van der Waals surface area contributed by atoms with Crippen molar-refractivity contribution in [2.45, 2.75) is 258 Å². The summed E-state index contributed by atoms with van der Waals surface area (Å²) in [6.07, 6.45) is 50.9. The van der Waals surface area contributed by atoms with Gasteiger partial charge < -0.3 is 28.4 Å². The maximum atomic E-state index is 12.5. The van der Waals surface area contributed by atoms with Crippen LogP contribution in [0.3, 0.4) is 0 Å². The number of ether oxygens (including phenoxy) is 6. The van der Waals surface area contributed by atoms with Crippen LogP contribution in [0.1, 0.15) is 246 Å². The van der Waals surface area contributed by atoms with Crippen LogP contribution in [-0.2, 0) is 57.2 Å². The molecule has 0 fully saturated rings. The fraction of sp³-hybridized carbons (Fsp3) is 0.688. The Bertz CT molecular complexity index is 1480. The van der Waals surface area contributed by atoms with E-state index in [9.17, 15) is 28.8 Å². The first-order valence-corrected chi connectivity index (χ1v) is 29.3. The smallest absolute Gasteiger partial charge is 0.314 e. The standard InChI is InChI=1S/C39H68O6.C15H19O6.C10H20/c1-4-7-10-13-16-19-22-25-28-31-37(40)43-34-36(45-39(42)33-30-27-24-21-18-15-12-9-6-3)35-44-38(41)32-29-26-23-20-17-14-11-8-5-2;1-4-7-13(16)19-10-12(21-15(18)9-6-3)11-20-14(17)8-5-2;1-3-5-7-9-10-8-6-4-2/h25-30,36H,4-24,31-35H2,1-3H3;3-6,12H,1-2,7-11H2;3H,1,4-10H2,2H3/q;+1;/b28-25-,29-26-,30-27-;;. The summed E-state index contributed by atoms with van der Waals surface area (Å²) >= 11 is 0. The predicted molar refractivity (Wildman–Crippen MR) is 310 cm³/mol. The molecule has 0 bridgehead atoms. The quantitative estimate of drug-likeness (QED) is 0.0187. The third kappa shape index (κ3) is 61.5. The van der Waals surface area contributed by atoms with Crippen LogP contribution >= 0.6 is 0 Å². The molecule has 0 amide bonds. The highest BCUT2D eigenvalue weighted by atomic mass is 16.6. The summed E-state index contributed by atoms with van der Waals surface area (Å²) < 4.78 is 31.0. The maximum absolute atomic E-state index is 12.5. The first kappa shape index (κ1) is 75.1. The van der Waals surface area contributed by atoms with E-state index in [2.05, 4.69) is 47.4 Å². The molecule has 0 aliphatic carbocycles. The van der Waals surface area contributed by atoms with Gasteiger partial charge in [-0.05, 0) is 51.4 Å². The van der Waals surface area contributed by atoms with Crippen LogP contribution in [0, 0.1) is 6.58 Å². The number of allylic oxidation sites excluding steroid dienone is 4. The number of hydrogen-bond acceptors (Lipinski definition) is 12. The summed E-state index contributed by atoms with van der Waals surface area (Å²) in [4.78, 5) is 70.9. The summed E-state index contributed by atoms with van der Waals surface area (Å²) in [5, 5.41) is 0. The van der Waals surface area contributed by atoms with Crippen molar-refractivity contribution in [1.82, 2.24) is 0 Å². The number of hydrogen-bond donors (Lipinski definition) is 0. The normalized spacial score (nSPS) is 10.9. The van der Waals surface area contributed by atoms with Crippen molar-refractivity contribution in [1.29, 1.82) is 0 Å². The molecular weight excluding hydrogens is 961 g/mol. The minimum Gasteiger partial charge on any atom is -0.461 e. The van der Waals surface area contributed by atoms with Gasteiger partial charge in [0, 0.05) is 0 Å². The largest absolute Gasteiger partial charge is 0.461 e. The Kier molecular flexibility index (Phi) is 61.7. The van der Waals surface area contributed by atoms with Crippen LogP contribution in [-0.4, -0.2) is 74.5 Å². The van der Waals surface area contributed by atoms with Crippen molar-refractivity contribution in [3.05, 3.63) is 87.1 Å². The fourth-order valence-electron chi connectivity index (χ4n) is 7.10. The molecule has 0 rings (SSSR count). The van der Waals surface area contributed by atoms with E-state index in [-0.39, 0.29) is 65.0 Å². The topological polar surface area (TPSA) is 158 Å². The first-order chi connectivity index (χ1) is 37.0. The van der Waals surface area contributed by atoms with E-state index in [4.69, 9.17) is 35.0 Å². The van der Waals surface area contributed by atoms with Crippen LogP contribution in [0.25, 0.3) is 0 Å². The second kappa shape index (κ2) is 62.4. The Hall–Kier alpha value is -5.09. The Morgan fingerprint density at radius 3 is 0.882 bits per heavy atom. The summed E-state index contributed by atoms with van der Waals surface area (Å²) in [6, 6.07) is 0. The van der Waals surface area contributed by atoms with Gasteiger partial charge in [-0.15, -0.1) is 19.7 Å². The van der Waals surface area contributed by atoms with Crippen molar-refractivity contribution in [2.75, 3.05) is 26.4 Å². The molecule has 0 aromatic carbocycles. The second-order valence-corrected chi connectivity index (χ2v) is 18.9. The molecule has 0 aromatic heterocycles. The molecular formula is C64H107O12+. The molecule has 12 nitrogen and oxygen atoms in total. The lowest BCUT2D eigenvalue weighted by atomic mass is 10.1. The average molecular weight is 1070 g/mol. The Morgan fingerprint density at radius 1 is 0.329 bits per heavy atom. The van der Waals surface area contributed by atoms with Crippen LogP contribution < -0.4 is 0 Å². The van der Waals surface area contributed by atoms with Crippen LogP contribution in [0.5, 0.6) is 0 Å². The van der Waals surface area contributed by atoms with Crippen molar-refractivity contribution in [3.63, 3.8) is 0 Å². The molecule has 76 heavy (non-hydrogen) atoms. The molecule has 0 aliphatic rings. The van der Waals surface area contributed by atoms with Crippen molar-refractivity contribution in [2.24, 2.45) is 0 Å². The van der Waals surface area contributed by atoms with E-state index in [1.807, 2.05) is 42.5 Å². The highest BCUT2D eigenvalue weighted by Crippen LogP contribution is 2.12. The molecule has 0 spiro atoms. The molecule has 0 aromatic rings. The molecule has 12 heteroatoms. The van der Waals surface area contributed by atoms with E-state index < -0.39 is 48.0 Å². The van der Waals surface area contributed by atoms with Crippen LogP contribution in [0.4, 0.5) is 0 Å². The lowest BCUT2D eigenvalue weighted by molar-refractivity contribution is -0.165. The number of rotatable bonds is 50. The molecule has 0 unspecified atom stereocenters. The molecule has 0 saturated heterocycles. The van der Waals surface area contributed by atoms with Gasteiger partial charge in [-0.25, -0.2) is 0 Å². The van der Waals surface area contributed by atoms with Crippen LogP contribution in [0.2, 0.25) is 0 Å². The van der Waals surface area contributed by atoms with Gasteiger partial charge in [0.2, 0.25) is 6.58 Å². The third-order valence-electron chi connectivity index (χ3n) is 11.5. The maximum Gasteiger partial charge on any atom is 0.314 e. The molecule has 0 radical (unpaired) electrons. The SMILES string of the molecule is C=CCCCCCCCC.CCCCCCCC/C=C\CC(=O)OCC(COC(=O)C/C=C\CCCCCCCC)OC(=O)C/C=C\CCCCCCCC.[CH+]=CCC(=O)OC(COC(=O)CC=C)COC(=O)CC=C. The Morgan fingerprint density at radius 2 is 0.592 bits per heavy atom. The van der Waals surface area contributed by atoms with E-state index in [1.54, 1.807) is 0 Å². The van der Waals surface area contributed by atoms with Crippen molar-refractivity contribution in [3.8, 4) is 0 Å². The van der Waals surface area contributed by atoms with E-state index >= 15 is 0 Å². The number of carbonyl (C=O) groups is 6. The van der Waals surface area contributed by atoms with E-state index in [0.717, 1.165) is 44.6 Å². The molecule has 0 atom stereocenters. The van der Waals surface area contributed by atoms with Gasteiger partial charge >= 0.3 is 35.8 Å². The zero-order chi connectivity index (χ0) is 56.8. The summed E-state index contributed by atoms with van der Waals surface area (Å²) in [7, 11) is 0.